The fourth-order valence-electron chi connectivity index (χ4n) is 4.65. The maximum atomic E-state index is 12.6. The molecule has 1 aliphatic carbocycles. The monoisotopic (exact) mass is 570 g/mol. The number of ether oxygens (including phenoxy) is 1. The second-order valence-corrected chi connectivity index (χ2v) is 11.6. The van der Waals surface area contributed by atoms with Gasteiger partial charge in [0.1, 0.15) is 12.4 Å². The molecule has 1 amide bonds. The topological polar surface area (TPSA) is 69.0 Å². The van der Waals surface area contributed by atoms with Gasteiger partial charge in [0.25, 0.3) is 0 Å². The van der Waals surface area contributed by atoms with Gasteiger partial charge in [-0.05, 0) is 73.6 Å². The highest BCUT2D eigenvalue weighted by molar-refractivity contribution is 9.10. The molecule has 0 unspecified atom stereocenters. The molecule has 1 fully saturated rings. The van der Waals surface area contributed by atoms with Crippen molar-refractivity contribution in [2.75, 3.05) is 11.1 Å². The third kappa shape index (κ3) is 6.71. The predicted octanol–water partition coefficient (Wildman–Crippen LogP) is 7.60. The summed E-state index contributed by atoms with van der Waals surface area (Å²) in [6.07, 6.45) is 5.86. The molecule has 3 aromatic rings. The highest BCUT2D eigenvalue weighted by atomic mass is 79.9. The molecule has 1 heterocycles. The number of carbonyl (C=O) groups excluding carboxylic acids is 1. The van der Waals surface area contributed by atoms with E-state index in [1.165, 1.54) is 36.6 Å². The van der Waals surface area contributed by atoms with E-state index < -0.39 is 0 Å². The third-order valence-corrected chi connectivity index (χ3v) is 8.38. The third-order valence-electron chi connectivity index (χ3n) is 6.58. The van der Waals surface area contributed by atoms with E-state index in [2.05, 4.69) is 68.9 Å². The van der Waals surface area contributed by atoms with Crippen LogP contribution in [0.5, 0.6) is 5.75 Å². The molecule has 0 saturated heterocycles. The Morgan fingerprint density at radius 1 is 1.17 bits per heavy atom. The summed E-state index contributed by atoms with van der Waals surface area (Å²) in [4.78, 5) is 12.6. The molecule has 1 saturated carbocycles. The van der Waals surface area contributed by atoms with Gasteiger partial charge in [-0.25, -0.2) is 0 Å². The Labute approximate surface area is 226 Å². The molecule has 192 valence electrons. The van der Waals surface area contributed by atoms with Crippen molar-refractivity contribution in [3.63, 3.8) is 0 Å². The van der Waals surface area contributed by atoms with Gasteiger partial charge < -0.3 is 10.1 Å². The number of aromatic nitrogens is 3. The largest absolute Gasteiger partial charge is 0.485 e. The number of nitrogens with one attached hydrogen (secondary N) is 1. The summed E-state index contributed by atoms with van der Waals surface area (Å²) in [6.45, 7) is 8.78. The van der Waals surface area contributed by atoms with E-state index in [-0.39, 0.29) is 11.7 Å². The van der Waals surface area contributed by atoms with Gasteiger partial charge in [0.2, 0.25) is 5.91 Å². The fraction of sp³-hybridized carbons (Fsp3) is 0.464. The van der Waals surface area contributed by atoms with Crippen molar-refractivity contribution in [2.45, 2.75) is 83.5 Å². The van der Waals surface area contributed by atoms with Crippen LogP contribution in [0.25, 0.3) is 0 Å². The lowest BCUT2D eigenvalue weighted by Crippen LogP contribution is -2.19. The molecule has 0 aliphatic heterocycles. The molecular weight excluding hydrogens is 536 g/mol. The minimum Gasteiger partial charge on any atom is -0.485 e. The maximum Gasteiger partial charge on any atom is 0.234 e. The van der Waals surface area contributed by atoms with Crippen LogP contribution in [-0.2, 0) is 11.4 Å². The summed E-state index contributed by atoms with van der Waals surface area (Å²) in [5.41, 5.74) is 4.23. The van der Waals surface area contributed by atoms with Crippen molar-refractivity contribution < 1.29 is 9.53 Å². The van der Waals surface area contributed by atoms with E-state index >= 15 is 0 Å². The van der Waals surface area contributed by atoms with E-state index in [4.69, 9.17) is 4.74 Å². The van der Waals surface area contributed by atoms with Crippen LogP contribution in [0.3, 0.4) is 0 Å². The minimum absolute atomic E-state index is 0.0477. The molecular formula is C28H35BrN4O2S. The molecule has 0 bridgehead atoms. The Balaban J connectivity index is 1.50. The van der Waals surface area contributed by atoms with Crippen molar-refractivity contribution in [1.29, 1.82) is 0 Å². The highest BCUT2D eigenvalue weighted by Crippen LogP contribution is 2.35. The van der Waals surface area contributed by atoms with Crippen molar-refractivity contribution in [1.82, 2.24) is 14.8 Å². The number of thioether (sulfide) groups is 1. The number of aryl methyl sites for hydroxylation is 2. The van der Waals surface area contributed by atoms with Crippen LogP contribution in [0.15, 0.2) is 46.0 Å². The van der Waals surface area contributed by atoms with Gasteiger partial charge in [-0.15, -0.1) is 10.2 Å². The molecule has 4 rings (SSSR count). The summed E-state index contributed by atoms with van der Waals surface area (Å²) in [5.74, 6) is 2.28. The zero-order valence-electron chi connectivity index (χ0n) is 21.5. The van der Waals surface area contributed by atoms with Gasteiger partial charge >= 0.3 is 0 Å². The first-order valence-corrected chi connectivity index (χ1v) is 14.5. The molecule has 1 aromatic heterocycles. The molecule has 1 aliphatic rings. The molecule has 0 spiro atoms. The lowest BCUT2D eigenvalue weighted by Gasteiger charge is -2.25. The average Bonchev–Trinajstić information content (AvgIpc) is 3.26. The normalized spacial score (nSPS) is 14.3. The molecule has 0 atom stereocenters. The van der Waals surface area contributed by atoms with Gasteiger partial charge in [0.05, 0.1) is 5.75 Å². The van der Waals surface area contributed by atoms with Crippen LogP contribution in [0.1, 0.15) is 80.4 Å². The van der Waals surface area contributed by atoms with Crippen molar-refractivity contribution >= 4 is 39.3 Å². The number of rotatable bonds is 9. The Bertz CT molecular complexity index is 1200. The van der Waals surface area contributed by atoms with Crippen LogP contribution in [0.2, 0.25) is 0 Å². The minimum atomic E-state index is -0.0477. The lowest BCUT2D eigenvalue weighted by atomic mass is 9.95. The second kappa shape index (κ2) is 12.3. The van der Waals surface area contributed by atoms with Crippen molar-refractivity contribution in [2.24, 2.45) is 0 Å². The first-order chi connectivity index (χ1) is 17.3. The summed E-state index contributed by atoms with van der Waals surface area (Å²) in [6, 6.07) is 12.4. The Hall–Kier alpha value is -2.32. The van der Waals surface area contributed by atoms with E-state index in [1.54, 1.807) is 0 Å². The average molecular weight is 572 g/mol. The van der Waals surface area contributed by atoms with E-state index in [1.807, 2.05) is 31.2 Å². The summed E-state index contributed by atoms with van der Waals surface area (Å²) < 4.78 is 9.66. The maximum absolute atomic E-state index is 12.6. The second-order valence-electron chi connectivity index (χ2n) is 9.85. The number of halogens is 1. The van der Waals surface area contributed by atoms with E-state index in [0.29, 0.717) is 18.6 Å². The van der Waals surface area contributed by atoms with Gasteiger partial charge in [0, 0.05) is 16.2 Å². The van der Waals surface area contributed by atoms with Crippen LogP contribution >= 0.6 is 27.7 Å². The van der Waals surface area contributed by atoms with Crippen LogP contribution in [0, 0.1) is 13.8 Å². The summed E-state index contributed by atoms with van der Waals surface area (Å²) >= 11 is 5.09. The van der Waals surface area contributed by atoms with Gasteiger partial charge in [-0.3, -0.25) is 9.36 Å². The zero-order valence-corrected chi connectivity index (χ0v) is 23.9. The number of anilines is 1. The summed E-state index contributed by atoms with van der Waals surface area (Å²) in [5, 5.41) is 12.8. The molecule has 2 aromatic carbocycles. The molecule has 1 N–H and O–H groups in total. The van der Waals surface area contributed by atoms with E-state index in [9.17, 15) is 4.79 Å². The standard InChI is InChI=1S/C28H35BrN4O2S/c1-18(2)23-15-24(29)20(4)14-25(23)35-16-26-31-32-28(33(26)22-11-6-5-7-12-22)36-17-27(34)30-21-10-8-9-19(3)13-21/h8-10,13-15,18,22H,5-7,11-12,16-17H2,1-4H3,(H,30,34). The van der Waals surface area contributed by atoms with Crippen LogP contribution in [-0.4, -0.2) is 26.4 Å². The lowest BCUT2D eigenvalue weighted by molar-refractivity contribution is -0.113. The Morgan fingerprint density at radius 2 is 1.94 bits per heavy atom. The van der Waals surface area contributed by atoms with Gasteiger partial charge in [0.15, 0.2) is 11.0 Å². The smallest absolute Gasteiger partial charge is 0.234 e. The van der Waals surface area contributed by atoms with Gasteiger partial charge in [-0.2, -0.15) is 0 Å². The first-order valence-electron chi connectivity index (χ1n) is 12.7. The molecule has 8 heteroatoms. The number of benzene rings is 2. The molecule has 6 nitrogen and oxygen atoms in total. The molecule has 36 heavy (non-hydrogen) atoms. The van der Waals surface area contributed by atoms with Crippen molar-refractivity contribution in [3.8, 4) is 5.75 Å². The Kier molecular flexibility index (Phi) is 9.12. The number of amides is 1. The number of hydrogen-bond donors (Lipinski definition) is 1. The van der Waals surface area contributed by atoms with Crippen LogP contribution in [0.4, 0.5) is 5.69 Å². The molecule has 0 radical (unpaired) electrons. The van der Waals surface area contributed by atoms with Crippen molar-refractivity contribution in [3.05, 3.63) is 63.4 Å². The summed E-state index contributed by atoms with van der Waals surface area (Å²) in [7, 11) is 0. The highest BCUT2D eigenvalue weighted by Gasteiger charge is 2.24. The fourth-order valence-corrected chi connectivity index (χ4v) is 5.83. The Morgan fingerprint density at radius 3 is 2.67 bits per heavy atom. The van der Waals surface area contributed by atoms with Gasteiger partial charge in [-0.1, -0.05) is 72.9 Å². The van der Waals surface area contributed by atoms with E-state index in [0.717, 1.165) is 50.9 Å². The zero-order chi connectivity index (χ0) is 25.7. The predicted molar refractivity (Wildman–Crippen MR) is 150 cm³/mol. The van der Waals surface area contributed by atoms with Crippen LogP contribution < -0.4 is 10.1 Å². The quantitative estimate of drug-likeness (QED) is 0.268. The number of hydrogen-bond acceptors (Lipinski definition) is 5. The first kappa shape index (κ1) is 26.7. The SMILES string of the molecule is Cc1cccc(NC(=O)CSc2nnc(COc3cc(C)c(Br)cc3C(C)C)n2C2CCCCC2)c1. The number of carbonyl (C=O) groups is 1. The number of nitrogens with zero attached hydrogens (tertiary/aromatic N) is 3.